The molecule has 2 rings (SSSR count). The molecule has 0 radical (unpaired) electrons. The molecule has 90 valence electrons. The highest BCUT2D eigenvalue weighted by Crippen LogP contribution is 2.24. The molecule has 0 bridgehead atoms. The summed E-state index contributed by atoms with van der Waals surface area (Å²) in [5.74, 6) is 0. The Morgan fingerprint density at radius 2 is 2.12 bits per heavy atom. The van der Waals surface area contributed by atoms with Crippen LogP contribution in [0.4, 0.5) is 0 Å². The summed E-state index contributed by atoms with van der Waals surface area (Å²) < 4.78 is 0. The van der Waals surface area contributed by atoms with E-state index in [1.165, 1.54) is 24.5 Å². The summed E-state index contributed by atoms with van der Waals surface area (Å²) in [4.78, 5) is 6.43. The standard InChI is InChI=1S/C12H21N3S/c1-2-14-5-7-15(8-6-14)11(10-13)12-4-3-9-16-12/h3-4,9,11H,2,5-8,10,13H2,1H3/t11-/m1/s1. The fraction of sp³-hybridized carbons (Fsp3) is 0.667. The highest BCUT2D eigenvalue weighted by molar-refractivity contribution is 7.10. The summed E-state index contributed by atoms with van der Waals surface area (Å²) in [6.45, 7) is 8.78. The average molecular weight is 239 g/mol. The third-order valence-corrected chi connectivity index (χ3v) is 4.36. The average Bonchev–Trinajstić information content (AvgIpc) is 2.85. The second-order valence-corrected chi connectivity index (χ2v) is 5.22. The maximum atomic E-state index is 5.91. The number of thiophene rings is 1. The Morgan fingerprint density at radius 1 is 1.38 bits per heavy atom. The van der Waals surface area contributed by atoms with Gasteiger partial charge in [0.15, 0.2) is 0 Å². The lowest BCUT2D eigenvalue weighted by Gasteiger charge is -2.38. The summed E-state index contributed by atoms with van der Waals surface area (Å²) in [7, 11) is 0. The van der Waals surface area contributed by atoms with Crippen molar-refractivity contribution < 1.29 is 0 Å². The first-order valence-corrected chi connectivity index (χ1v) is 6.93. The molecule has 0 aromatic carbocycles. The zero-order valence-corrected chi connectivity index (χ0v) is 10.7. The third kappa shape index (κ3) is 2.63. The summed E-state index contributed by atoms with van der Waals surface area (Å²) >= 11 is 1.82. The van der Waals surface area contributed by atoms with E-state index in [1.54, 1.807) is 0 Å². The molecule has 16 heavy (non-hydrogen) atoms. The van der Waals surface area contributed by atoms with Gasteiger partial charge in [-0.1, -0.05) is 13.0 Å². The van der Waals surface area contributed by atoms with Crippen LogP contribution < -0.4 is 5.73 Å². The number of likely N-dealkylation sites (N-methyl/N-ethyl adjacent to an activating group) is 1. The van der Waals surface area contributed by atoms with Crippen molar-refractivity contribution in [3.05, 3.63) is 22.4 Å². The predicted octanol–water partition coefficient (Wildman–Crippen LogP) is 1.39. The molecule has 1 aromatic heterocycles. The molecule has 0 spiro atoms. The first kappa shape index (κ1) is 12.0. The molecule has 1 aliphatic heterocycles. The maximum Gasteiger partial charge on any atom is 0.0565 e. The molecular weight excluding hydrogens is 218 g/mol. The molecule has 1 aromatic rings. The van der Waals surface area contributed by atoms with Crippen LogP contribution in [0.5, 0.6) is 0 Å². The minimum Gasteiger partial charge on any atom is -0.329 e. The molecular formula is C12H21N3S. The zero-order chi connectivity index (χ0) is 11.4. The van der Waals surface area contributed by atoms with E-state index in [0.29, 0.717) is 6.04 Å². The molecule has 0 saturated carbocycles. The summed E-state index contributed by atoms with van der Waals surface area (Å²) in [5, 5.41) is 2.14. The van der Waals surface area contributed by atoms with Gasteiger partial charge in [0, 0.05) is 37.6 Å². The van der Waals surface area contributed by atoms with E-state index >= 15 is 0 Å². The fourth-order valence-electron chi connectivity index (χ4n) is 2.32. The quantitative estimate of drug-likeness (QED) is 0.862. The van der Waals surface area contributed by atoms with Crippen LogP contribution in [-0.2, 0) is 0 Å². The minimum absolute atomic E-state index is 0.430. The summed E-state index contributed by atoms with van der Waals surface area (Å²) in [5.41, 5.74) is 5.91. The molecule has 1 saturated heterocycles. The van der Waals surface area contributed by atoms with Gasteiger partial charge in [0.2, 0.25) is 0 Å². The lowest BCUT2D eigenvalue weighted by atomic mass is 10.1. The Balaban J connectivity index is 1.96. The lowest BCUT2D eigenvalue weighted by Crippen LogP contribution is -2.48. The van der Waals surface area contributed by atoms with Crippen molar-refractivity contribution in [3.8, 4) is 0 Å². The highest BCUT2D eigenvalue weighted by Gasteiger charge is 2.23. The van der Waals surface area contributed by atoms with E-state index in [0.717, 1.165) is 19.6 Å². The van der Waals surface area contributed by atoms with Gasteiger partial charge in [0.25, 0.3) is 0 Å². The first-order chi connectivity index (χ1) is 7.85. The van der Waals surface area contributed by atoms with Crippen molar-refractivity contribution in [1.82, 2.24) is 9.80 Å². The molecule has 2 N–H and O–H groups in total. The summed E-state index contributed by atoms with van der Waals surface area (Å²) in [6.07, 6.45) is 0. The normalized spacial score (nSPS) is 21.1. The van der Waals surface area contributed by atoms with Gasteiger partial charge in [-0.05, 0) is 18.0 Å². The van der Waals surface area contributed by atoms with Crippen molar-refractivity contribution in [2.24, 2.45) is 5.73 Å². The van der Waals surface area contributed by atoms with Crippen LogP contribution in [0.15, 0.2) is 17.5 Å². The molecule has 1 aliphatic rings. The molecule has 2 heterocycles. The second kappa shape index (κ2) is 5.77. The largest absolute Gasteiger partial charge is 0.329 e. The van der Waals surface area contributed by atoms with Gasteiger partial charge < -0.3 is 10.6 Å². The van der Waals surface area contributed by atoms with Crippen molar-refractivity contribution in [2.45, 2.75) is 13.0 Å². The van der Waals surface area contributed by atoms with Gasteiger partial charge in [-0.25, -0.2) is 0 Å². The van der Waals surface area contributed by atoms with Crippen LogP contribution in [0.25, 0.3) is 0 Å². The Bertz CT molecular complexity index is 291. The van der Waals surface area contributed by atoms with E-state index in [2.05, 4.69) is 34.2 Å². The van der Waals surface area contributed by atoms with Gasteiger partial charge in [-0.15, -0.1) is 11.3 Å². The maximum absolute atomic E-state index is 5.91. The molecule has 1 fully saturated rings. The van der Waals surface area contributed by atoms with Gasteiger partial charge >= 0.3 is 0 Å². The van der Waals surface area contributed by atoms with Crippen molar-refractivity contribution in [2.75, 3.05) is 39.3 Å². The second-order valence-electron chi connectivity index (χ2n) is 4.24. The topological polar surface area (TPSA) is 32.5 Å². The molecule has 0 unspecified atom stereocenters. The van der Waals surface area contributed by atoms with E-state index in [-0.39, 0.29) is 0 Å². The van der Waals surface area contributed by atoms with E-state index in [4.69, 9.17) is 5.73 Å². The van der Waals surface area contributed by atoms with Crippen LogP contribution in [0.1, 0.15) is 17.8 Å². The number of piperazine rings is 1. The van der Waals surface area contributed by atoms with E-state index in [9.17, 15) is 0 Å². The Hall–Kier alpha value is -0.420. The van der Waals surface area contributed by atoms with E-state index < -0.39 is 0 Å². The minimum atomic E-state index is 0.430. The number of hydrogen-bond acceptors (Lipinski definition) is 4. The summed E-state index contributed by atoms with van der Waals surface area (Å²) in [6, 6.07) is 4.75. The molecule has 1 atom stereocenters. The van der Waals surface area contributed by atoms with Gasteiger partial charge in [-0.2, -0.15) is 0 Å². The van der Waals surface area contributed by atoms with Gasteiger partial charge in [0.1, 0.15) is 0 Å². The van der Waals surface area contributed by atoms with Crippen LogP contribution in [-0.4, -0.2) is 49.1 Å². The third-order valence-electron chi connectivity index (χ3n) is 3.39. The van der Waals surface area contributed by atoms with Crippen LogP contribution >= 0.6 is 11.3 Å². The van der Waals surface area contributed by atoms with E-state index in [1.807, 2.05) is 11.3 Å². The van der Waals surface area contributed by atoms with Gasteiger partial charge in [-0.3, -0.25) is 4.90 Å². The number of nitrogens with two attached hydrogens (primary N) is 1. The Labute approximate surface area is 102 Å². The van der Waals surface area contributed by atoms with Crippen LogP contribution in [0, 0.1) is 0 Å². The number of hydrogen-bond donors (Lipinski definition) is 1. The van der Waals surface area contributed by atoms with Crippen molar-refractivity contribution >= 4 is 11.3 Å². The van der Waals surface area contributed by atoms with Gasteiger partial charge in [0.05, 0.1) is 6.04 Å². The van der Waals surface area contributed by atoms with Crippen molar-refractivity contribution in [3.63, 3.8) is 0 Å². The number of nitrogens with zero attached hydrogens (tertiary/aromatic N) is 2. The van der Waals surface area contributed by atoms with Crippen molar-refractivity contribution in [1.29, 1.82) is 0 Å². The SMILES string of the molecule is CCN1CCN([C@H](CN)c2cccs2)CC1. The zero-order valence-electron chi connectivity index (χ0n) is 9.93. The van der Waals surface area contributed by atoms with Crippen LogP contribution in [0.3, 0.4) is 0 Å². The van der Waals surface area contributed by atoms with Crippen LogP contribution in [0.2, 0.25) is 0 Å². The fourth-order valence-corrected chi connectivity index (χ4v) is 3.19. The number of rotatable bonds is 4. The highest BCUT2D eigenvalue weighted by atomic mass is 32.1. The molecule has 3 nitrogen and oxygen atoms in total. The molecule has 0 amide bonds. The lowest BCUT2D eigenvalue weighted by molar-refractivity contribution is 0.103. The molecule has 0 aliphatic carbocycles. The smallest absolute Gasteiger partial charge is 0.0565 e. The Morgan fingerprint density at radius 3 is 2.62 bits per heavy atom. The monoisotopic (exact) mass is 239 g/mol. The molecule has 4 heteroatoms. The predicted molar refractivity (Wildman–Crippen MR) is 69.8 cm³/mol. The Kier molecular flexibility index (Phi) is 4.35. The first-order valence-electron chi connectivity index (χ1n) is 6.05.